The molecule has 0 aliphatic heterocycles. The van der Waals surface area contributed by atoms with E-state index in [2.05, 4.69) is 23.2 Å². The molecule has 0 saturated heterocycles. The van der Waals surface area contributed by atoms with Gasteiger partial charge in [0.15, 0.2) is 10.8 Å². The molecule has 0 aliphatic rings. The number of nitrogens with zero attached hydrogens (tertiary/aromatic N) is 3. The molecule has 27 heavy (non-hydrogen) atoms. The lowest BCUT2D eigenvalue weighted by Gasteiger charge is -2.11. The van der Waals surface area contributed by atoms with E-state index in [1.807, 2.05) is 46.9 Å². The number of aromatic nitrogens is 3. The maximum Gasteiger partial charge on any atom is 0.196 e. The highest BCUT2D eigenvalue weighted by molar-refractivity contribution is 7.99. The van der Waals surface area contributed by atoms with E-state index in [4.69, 9.17) is 21.1 Å². The zero-order valence-electron chi connectivity index (χ0n) is 15.0. The Kier molecular flexibility index (Phi) is 5.09. The van der Waals surface area contributed by atoms with Crippen LogP contribution in [0.3, 0.4) is 0 Å². The zero-order valence-corrected chi connectivity index (χ0v) is 16.5. The Hall–Kier alpha value is -2.44. The third-order valence-corrected chi connectivity index (χ3v) is 5.49. The highest BCUT2D eigenvalue weighted by Crippen LogP contribution is 2.32. The van der Waals surface area contributed by atoms with E-state index < -0.39 is 0 Å². The number of para-hydroxylation sites is 2. The first-order valence-electron chi connectivity index (χ1n) is 8.50. The molecule has 4 aromatic rings. The minimum absolute atomic E-state index is 0.518. The number of fused-ring (bicyclic) bond motifs is 3. The second kappa shape index (κ2) is 7.66. The fraction of sp³-hybridized carbons (Fsp3) is 0.200. The normalized spacial score (nSPS) is 11.2. The van der Waals surface area contributed by atoms with E-state index in [1.54, 1.807) is 18.9 Å². The number of hydrogen-bond acceptors (Lipinski definition) is 5. The van der Waals surface area contributed by atoms with Gasteiger partial charge in [-0.1, -0.05) is 47.6 Å². The summed E-state index contributed by atoms with van der Waals surface area (Å²) in [7, 11) is 1.68. The van der Waals surface area contributed by atoms with Gasteiger partial charge in [-0.05, 0) is 36.8 Å². The van der Waals surface area contributed by atoms with Gasteiger partial charge in [0, 0.05) is 11.1 Å². The fourth-order valence-electron chi connectivity index (χ4n) is 3.03. The van der Waals surface area contributed by atoms with E-state index in [0.29, 0.717) is 17.4 Å². The van der Waals surface area contributed by atoms with Crippen molar-refractivity contribution >= 4 is 39.9 Å². The Morgan fingerprint density at radius 2 is 1.89 bits per heavy atom. The number of thioether (sulfide) groups is 1. The van der Waals surface area contributed by atoms with Gasteiger partial charge in [0.2, 0.25) is 0 Å². The predicted molar refractivity (Wildman–Crippen MR) is 109 cm³/mol. The van der Waals surface area contributed by atoms with Gasteiger partial charge in [-0.25, -0.2) is 0 Å². The molecule has 0 fully saturated rings. The third-order valence-electron chi connectivity index (χ3n) is 4.28. The summed E-state index contributed by atoms with van der Waals surface area (Å²) in [6, 6.07) is 15.5. The lowest BCUT2D eigenvalue weighted by molar-refractivity contribution is 0.344. The van der Waals surface area contributed by atoms with Gasteiger partial charge in [0.1, 0.15) is 11.5 Å². The molecule has 0 amide bonds. The molecule has 0 spiro atoms. The van der Waals surface area contributed by atoms with Crippen molar-refractivity contribution in [2.24, 2.45) is 0 Å². The summed E-state index contributed by atoms with van der Waals surface area (Å²) in [5.41, 5.74) is 2.93. The lowest BCUT2D eigenvalue weighted by Crippen LogP contribution is -2.02. The summed E-state index contributed by atoms with van der Waals surface area (Å²) >= 11 is 7.71. The number of ether oxygens (including phenoxy) is 2. The van der Waals surface area contributed by atoms with E-state index in [9.17, 15) is 0 Å². The van der Waals surface area contributed by atoms with Crippen molar-refractivity contribution < 1.29 is 9.47 Å². The zero-order chi connectivity index (χ0) is 18.8. The minimum Gasteiger partial charge on any atom is -0.495 e. The molecule has 2 aromatic carbocycles. The predicted octanol–water partition coefficient (Wildman–Crippen LogP) is 5.02. The highest BCUT2D eigenvalue weighted by Gasteiger charge is 2.15. The average Bonchev–Trinajstić information content (AvgIpc) is 3.08. The first-order chi connectivity index (χ1) is 13.2. The van der Waals surface area contributed by atoms with Crippen LogP contribution in [0.5, 0.6) is 11.5 Å². The van der Waals surface area contributed by atoms with Gasteiger partial charge >= 0.3 is 0 Å². The molecule has 138 valence electrons. The Bertz CT molecular complexity index is 1110. The molecule has 2 aromatic heterocycles. The monoisotopic (exact) mass is 399 g/mol. The van der Waals surface area contributed by atoms with Gasteiger partial charge in [0.05, 0.1) is 24.3 Å². The summed E-state index contributed by atoms with van der Waals surface area (Å²) in [6.07, 6.45) is 0. The third kappa shape index (κ3) is 3.42. The van der Waals surface area contributed by atoms with Gasteiger partial charge in [0.25, 0.3) is 0 Å². The standard InChI is InChI=1S/C20H18ClN3O2S/c1-13-12-18-22-23-20(24(18)19-14(13)6-5-9-17(19)25-2)27-11-10-26-16-8-4-3-7-15(16)21/h3-9,12H,10-11H2,1-2H3. The second-order valence-corrected chi connectivity index (χ2v) is 7.46. The Labute approximate surface area is 166 Å². The molecular formula is C20H18ClN3O2S. The SMILES string of the molecule is COc1cccc2c(C)cc3nnc(SCCOc4ccccc4Cl)n3c12. The average molecular weight is 400 g/mol. The van der Waals surface area contributed by atoms with Crippen molar-refractivity contribution in [1.29, 1.82) is 0 Å². The minimum atomic E-state index is 0.518. The number of methoxy groups -OCH3 is 1. The van der Waals surface area contributed by atoms with E-state index in [0.717, 1.165) is 38.8 Å². The summed E-state index contributed by atoms with van der Waals surface area (Å²) in [5.74, 6) is 2.21. The van der Waals surface area contributed by atoms with Crippen LogP contribution in [0.25, 0.3) is 16.6 Å². The molecule has 7 heteroatoms. The van der Waals surface area contributed by atoms with Crippen molar-refractivity contribution in [1.82, 2.24) is 14.6 Å². The van der Waals surface area contributed by atoms with Gasteiger partial charge < -0.3 is 9.47 Å². The van der Waals surface area contributed by atoms with E-state index in [1.165, 1.54) is 0 Å². The first-order valence-corrected chi connectivity index (χ1v) is 9.87. The summed E-state index contributed by atoms with van der Waals surface area (Å²) < 4.78 is 13.4. The molecule has 0 aliphatic carbocycles. The van der Waals surface area contributed by atoms with Crippen molar-refractivity contribution in [3.8, 4) is 11.5 Å². The topological polar surface area (TPSA) is 48.7 Å². The molecule has 0 saturated carbocycles. The van der Waals surface area contributed by atoms with E-state index >= 15 is 0 Å². The molecule has 0 radical (unpaired) electrons. The van der Waals surface area contributed by atoms with Crippen LogP contribution < -0.4 is 9.47 Å². The highest BCUT2D eigenvalue weighted by atomic mass is 35.5. The van der Waals surface area contributed by atoms with Gasteiger partial charge in [-0.2, -0.15) is 0 Å². The molecule has 0 bridgehead atoms. The molecule has 2 heterocycles. The fourth-order valence-corrected chi connectivity index (χ4v) is 3.98. The Morgan fingerprint density at radius 1 is 1.07 bits per heavy atom. The molecular weight excluding hydrogens is 382 g/mol. The molecule has 5 nitrogen and oxygen atoms in total. The van der Waals surface area contributed by atoms with Crippen molar-refractivity contribution in [2.45, 2.75) is 12.1 Å². The number of aryl methyl sites for hydroxylation is 1. The maximum absolute atomic E-state index is 6.12. The Morgan fingerprint density at radius 3 is 2.70 bits per heavy atom. The maximum atomic E-state index is 6.12. The van der Waals surface area contributed by atoms with E-state index in [-0.39, 0.29) is 0 Å². The molecule has 0 unspecified atom stereocenters. The van der Waals surface area contributed by atoms with Crippen LogP contribution >= 0.6 is 23.4 Å². The summed E-state index contributed by atoms with van der Waals surface area (Å²) in [4.78, 5) is 0. The number of hydrogen-bond donors (Lipinski definition) is 0. The smallest absolute Gasteiger partial charge is 0.196 e. The largest absolute Gasteiger partial charge is 0.495 e. The van der Waals surface area contributed by atoms with Crippen LogP contribution in [0, 0.1) is 6.92 Å². The van der Waals surface area contributed by atoms with Crippen LogP contribution in [0.4, 0.5) is 0 Å². The van der Waals surface area contributed by atoms with Crippen LogP contribution in [-0.2, 0) is 0 Å². The number of halogens is 1. The summed E-state index contributed by atoms with van der Waals surface area (Å²) in [6.45, 7) is 2.59. The molecule has 0 atom stereocenters. The van der Waals surface area contributed by atoms with Crippen molar-refractivity contribution in [3.05, 3.63) is 59.1 Å². The summed E-state index contributed by atoms with van der Waals surface area (Å²) in [5, 5.41) is 11.2. The van der Waals surface area contributed by atoms with Crippen LogP contribution in [0.2, 0.25) is 5.02 Å². The Balaban J connectivity index is 1.61. The van der Waals surface area contributed by atoms with Crippen molar-refractivity contribution in [2.75, 3.05) is 19.5 Å². The van der Waals surface area contributed by atoms with Gasteiger partial charge in [-0.3, -0.25) is 4.40 Å². The van der Waals surface area contributed by atoms with Crippen LogP contribution in [0.15, 0.2) is 53.7 Å². The second-order valence-electron chi connectivity index (χ2n) is 5.99. The first kappa shape index (κ1) is 17.9. The number of benzene rings is 2. The van der Waals surface area contributed by atoms with Gasteiger partial charge in [-0.15, -0.1) is 10.2 Å². The molecule has 4 rings (SSSR count). The number of rotatable bonds is 6. The number of pyridine rings is 1. The quantitative estimate of drug-likeness (QED) is 0.336. The van der Waals surface area contributed by atoms with Crippen molar-refractivity contribution in [3.63, 3.8) is 0 Å². The lowest BCUT2D eigenvalue weighted by atomic mass is 10.1. The van der Waals surface area contributed by atoms with Crippen LogP contribution in [0.1, 0.15) is 5.56 Å². The molecule has 0 N–H and O–H groups in total. The van der Waals surface area contributed by atoms with Crippen LogP contribution in [-0.4, -0.2) is 34.1 Å².